The molecule has 0 bridgehead atoms. The van der Waals surface area contributed by atoms with Gasteiger partial charge >= 0.3 is 5.97 Å². The Bertz CT molecular complexity index is 837. The minimum absolute atomic E-state index is 0.107. The predicted molar refractivity (Wildman–Crippen MR) is 83.9 cm³/mol. The lowest BCUT2D eigenvalue weighted by Gasteiger charge is -2.05. The fraction of sp³-hybridized carbons (Fsp3) is 0.267. The Balaban J connectivity index is 1.76. The predicted octanol–water partition coefficient (Wildman–Crippen LogP) is 1.77. The lowest BCUT2D eigenvalue weighted by atomic mass is 10.3. The Morgan fingerprint density at radius 1 is 1.36 bits per heavy atom. The van der Waals surface area contributed by atoms with E-state index < -0.39 is 5.97 Å². The van der Waals surface area contributed by atoms with Crippen LogP contribution in [0.5, 0.6) is 0 Å². The van der Waals surface area contributed by atoms with Crippen molar-refractivity contribution >= 4 is 39.2 Å². The molecule has 0 spiro atoms. The topological polar surface area (TPSA) is 72.7 Å². The van der Waals surface area contributed by atoms with Gasteiger partial charge in [-0.1, -0.05) is 12.1 Å². The first-order valence-electron chi connectivity index (χ1n) is 6.95. The molecule has 2 heterocycles. The molecule has 6 nitrogen and oxygen atoms in total. The van der Waals surface area contributed by atoms with Crippen molar-refractivity contribution < 1.29 is 14.3 Å². The molecule has 0 radical (unpaired) electrons. The van der Waals surface area contributed by atoms with Gasteiger partial charge in [0.1, 0.15) is 6.54 Å². The van der Waals surface area contributed by atoms with Crippen molar-refractivity contribution in [2.45, 2.75) is 13.3 Å². The summed E-state index contributed by atoms with van der Waals surface area (Å²) in [6, 6.07) is 7.80. The van der Waals surface area contributed by atoms with Crippen molar-refractivity contribution in [2.24, 2.45) is 0 Å². The second-order valence-corrected chi connectivity index (χ2v) is 5.54. The zero-order valence-corrected chi connectivity index (χ0v) is 12.9. The van der Waals surface area contributed by atoms with E-state index in [4.69, 9.17) is 4.74 Å². The molecule has 22 heavy (non-hydrogen) atoms. The van der Waals surface area contributed by atoms with Gasteiger partial charge in [-0.05, 0) is 19.1 Å². The van der Waals surface area contributed by atoms with Gasteiger partial charge < -0.3 is 10.1 Å². The summed E-state index contributed by atoms with van der Waals surface area (Å²) < 4.78 is 6.75. The lowest BCUT2D eigenvalue weighted by Crippen LogP contribution is -2.31. The Hall–Kier alpha value is -2.41. The van der Waals surface area contributed by atoms with Crippen molar-refractivity contribution in [2.75, 3.05) is 13.2 Å². The third-order valence-electron chi connectivity index (χ3n) is 3.19. The molecule has 1 aromatic carbocycles. The number of aromatic nitrogens is 2. The molecule has 0 unspecified atom stereocenters. The Morgan fingerprint density at radius 2 is 2.18 bits per heavy atom. The smallest absolute Gasteiger partial charge is 0.325 e. The normalized spacial score (nSPS) is 11.0. The number of amides is 1. The van der Waals surface area contributed by atoms with E-state index in [9.17, 15) is 9.59 Å². The summed E-state index contributed by atoms with van der Waals surface area (Å²) in [6.45, 7) is 1.93. The first-order valence-corrected chi connectivity index (χ1v) is 7.83. The molecule has 1 amide bonds. The lowest BCUT2D eigenvalue weighted by molar-refractivity contribution is -0.143. The van der Waals surface area contributed by atoms with Gasteiger partial charge in [0.25, 0.3) is 0 Å². The number of thiazole rings is 1. The van der Waals surface area contributed by atoms with Crippen LogP contribution >= 0.6 is 11.3 Å². The average Bonchev–Trinajstić information content (AvgIpc) is 3.05. The third-order valence-corrected chi connectivity index (χ3v) is 4.07. The summed E-state index contributed by atoms with van der Waals surface area (Å²) >= 11 is 1.49. The van der Waals surface area contributed by atoms with Crippen molar-refractivity contribution in [1.82, 2.24) is 14.7 Å². The molecule has 3 aromatic rings. The van der Waals surface area contributed by atoms with Crippen molar-refractivity contribution in [3.8, 4) is 0 Å². The van der Waals surface area contributed by atoms with Crippen LogP contribution in [0.2, 0.25) is 0 Å². The number of carbonyl (C=O) groups is 2. The molecule has 0 fully saturated rings. The number of ether oxygens (including phenoxy) is 1. The Morgan fingerprint density at radius 3 is 3.00 bits per heavy atom. The highest BCUT2D eigenvalue weighted by Crippen LogP contribution is 2.23. The standard InChI is InChI=1S/C15H15N3O3S/c1-2-21-14(20)8-16-13(19)7-10-9-22-15-17-11-5-3-4-6-12(11)18(10)15/h3-6,9H,2,7-8H2,1H3,(H,16,19). The quantitative estimate of drug-likeness (QED) is 0.728. The molecule has 3 rings (SSSR count). The maximum absolute atomic E-state index is 12.0. The van der Waals surface area contributed by atoms with E-state index in [1.165, 1.54) is 11.3 Å². The van der Waals surface area contributed by atoms with Crippen LogP contribution < -0.4 is 5.32 Å². The monoisotopic (exact) mass is 317 g/mol. The highest BCUT2D eigenvalue weighted by Gasteiger charge is 2.14. The van der Waals surface area contributed by atoms with Gasteiger partial charge in [-0.15, -0.1) is 11.3 Å². The molecule has 114 valence electrons. The van der Waals surface area contributed by atoms with Crippen LogP contribution in [0.4, 0.5) is 0 Å². The van der Waals surface area contributed by atoms with Crippen LogP contribution in [-0.4, -0.2) is 34.4 Å². The van der Waals surface area contributed by atoms with Crippen molar-refractivity contribution in [3.05, 3.63) is 35.3 Å². The van der Waals surface area contributed by atoms with E-state index in [0.717, 1.165) is 21.7 Å². The average molecular weight is 317 g/mol. The Kier molecular flexibility index (Phi) is 4.06. The van der Waals surface area contributed by atoms with E-state index in [1.807, 2.05) is 34.0 Å². The maximum Gasteiger partial charge on any atom is 0.325 e. The summed E-state index contributed by atoms with van der Waals surface area (Å²) in [5.41, 5.74) is 2.74. The minimum Gasteiger partial charge on any atom is -0.465 e. The molecule has 0 aliphatic rings. The van der Waals surface area contributed by atoms with Crippen LogP contribution in [-0.2, 0) is 20.7 Å². The summed E-state index contributed by atoms with van der Waals surface area (Å²) in [6.07, 6.45) is 0.194. The number of hydrogen-bond donors (Lipinski definition) is 1. The summed E-state index contributed by atoms with van der Waals surface area (Å²) in [7, 11) is 0. The van der Waals surface area contributed by atoms with Crippen LogP contribution in [0.25, 0.3) is 16.0 Å². The summed E-state index contributed by atoms with van der Waals surface area (Å²) in [5, 5.41) is 4.48. The molecule has 0 saturated heterocycles. The van der Waals surface area contributed by atoms with E-state index in [0.29, 0.717) is 6.61 Å². The first kappa shape index (κ1) is 14.5. The maximum atomic E-state index is 12.0. The number of carbonyl (C=O) groups excluding carboxylic acids is 2. The number of hydrogen-bond acceptors (Lipinski definition) is 5. The molecule has 0 saturated carbocycles. The highest BCUT2D eigenvalue weighted by atomic mass is 32.1. The molecular weight excluding hydrogens is 302 g/mol. The SMILES string of the molecule is CCOC(=O)CNC(=O)Cc1csc2nc3ccccc3n12. The fourth-order valence-electron chi connectivity index (χ4n) is 2.26. The number of para-hydroxylation sites is 2. The molecule has 2 aromatic heterocycles. The van der Waals surface area contributed by atoms with Gasteiger partial charge in [0.05, 0.1) is 24.1 Å². The van der Waals surface area contributed by atoms with Gasteiger partial charge in [0.2, 0.25) is 5.91 Å². The molecule has 0 aliphatic heterocycles. The number of imidazole rings is 1. The van der Waals surface area contributed by atoms with E-state index >= 15 is 0 Å². The van der Waals surface area contributed by atoms with Gasteiger partial charge in [-0.25, -0.2) is 4.98 Å². The van der Waals surface area contributed by atoms with E-state index in [2.05, 4.69) is 10.3 Å². The van der Waals surface area contributed by atoms with Crippen LogP contribution in [0.1, 0.15) is 12.6 Å². The van der Waals surface area contributed by atoms with Gasteiger partial charge in [0.15, 0.2) is 4.96 Å². The zero-order valence-electron chi connectivity index (χ0n) is 12.0. The van der Waals surface area contributed by atoms with Crippen molar-refractivity contribution in [1.29, 1.82) is 0 Å². The van der Waals surface area contributed by atoms with Crippen LogP contribution in [0.15, 0.2) is 29.6 Å². The number of benzene rings is 1. The van der Waals surface area contributed by atoms with Crippen molar-refractivity contribution in [3.63, 3.8) is 0 Å². The van der Waals surface area contributed by atoms with Gasteiger partial charge in [-0.2, -0.15) is 0 Å². The van der Waals surface area contributed by atoms with Gasteiger partial charge in [0, 0.05) is 11.1 Å². The highest BCUT2D eigenvalue weighted by molar-refractivity contribution is 7.15. The largest absolute Gasteiger partial charge is 0.465 e. The minimum atomic E-state index is -0.431. The molecule has 7 heteroatoms. The molecule has 1 N–H and O–H groups in total. The number of esters is 1. The zero-order chi connectivity index (χ0) is 15.5. The first-order chi connectivity index (χ1) is 10.7. The van der Waals surface area contributed by atoms with Crippen LogP contribution in [0.3, 0.4) is 0 Å². The summed E-state index contributed by atoms with van der Waals surface area (Å²) in [5.74, 6) is -0.648. The van der Waals surface area contributed by atoms with Gasteiger partial charge in [-0.3, -0.25) is 14.0 Å². The number of nitrogens with one attached hydrogen (secondary N) is 1. The molecule has 0 atom stereocenters. The third kappa shape index (κ3) is 2.80. The Labute approximate surface area is 130 Å². The molecular formula is C15H15N3O3S. The van der Waals surface area contributed by atoms with Crippen LogP contribution in [0, 0.1) is 0 Å². The molecule has 0 aliphatic carbocycles. The number of nitrogens with zero attached hydrogens (tertiary/aromatic N) is 2. The van der Waals surface area contributed by atoms with E-state index in [1.54, 1.807) is 6.92 Å². The summed E-state index contributed by atoms with van der Waals surface area (Å²) in [4.78, 5) is 28.6. The second kappa shape index (κ2) is 6.15. The number of fused-ring (bicyclic) bond motifs is 3. The van der Waals surface area contributed by atoms with E-state index in [-0.39, 0.29) is 18.9 Å². The number of rotatable bonds is 5. The second-order valence-electron chi connectivity index (χ2n) is 4.70. The fourth-order valence-corrected chi connectivity index (χ4v) is 3.17.